The molecule has 0 saturated carbocycles. The van der Waals surface area contributed by atoms with Crippen LogP contribution in [0.15, 0.2) is 40.4 Å². The Morgan fingerprint density at radius 3 is 2.64 bits per heavy atom. The fourth-order valence-corrected chi connectivity index (χ4v) is 3.82. The SMILES string of the molecule is O=C(CNC(=O)c1cccs1)Nc1nc(-c2cccs2)cs1. The van der Waals surface area contributed by atoms with Gasteiger partial charge in [0.25, 0.3) is 5.91 Å². The van der Waals surface area contributed by atoms with Crippen molar-refractivity contribution in [3.05, 3.63) is 45.3 Å². The smallest absolute Gasteiger partial charge is 0.261 e. The first kappa shape index (κ1) is 14.9. The second-order valence-corrected chi connectivity index (χ2v) is 6.98. The lowest BCUT2D eigenvalue weighted by molar-refractivity contribution is -0.115. The molecule has 2 N–H and O–H groups in total. The molecule has 3 rings (SSSR count). The van der Waals surface area contributed by atoms with Crippen molar-refractivity contribution in [1.82, 2.24) is 10.3 Å². The zero-order valence-corrected chi connectivity index (χ0v) is 13.7. The fourth-order valence-electron chi connectivity index (χ4n) is 1.69. The molecule has 22 heavy (non-hydrogen) atoms. The molecule has 0 aromatic carbocycles. The third-order valence-corrected chi connectivity index (χ3v) is 5.20. The summed E-state index contributed by atoms with van der Waals surface area (Å²) in [5, 5.41) is 11.5. The van der Waals surface area contributed by atoms with Crippen LogP contribution in [0.4, 0.5) is 5.13 Å². The van der Waals surface area contributed by atoms with E-state index >= 15 is 0 Å². The van der Waals surface area contributed by atoms with E-state index in [1.54, 1.807) is 23.5 Å². The Kier molecular flexibility index (Phi) is 4.62. The minimum Gasteiger partial charge on any atom is -0.342 e. The lowest BCUT2D eigenvalue weighted by atomic mass is 10.4. The van der Waals surface area contributed by atoms with E-state index in [9.17, 15) is 9.59 Å². The van der Waals surface area contributed by atoms with E-state index in [1.165, 1.54) is 22.7 Å². The second kappa shape index (κ2) is 6.82. The third-order valence-electron chi connectivity index (χ3n) is 2.68. The van der Waals surface area contributed by atoms with Crippen LogP contribution in [0.5, 0.6) is 0 Å². The highest BCUT2D eigenvalue weighted by atomic mass is 32.1. The van der Waals surface area contributed by atoms with Gasteiger partial charge in [-0.3, -0.25) is 9.59 Å². The Labute approximate surface area is 138 Å². The standard InChI is InChI=1S/C14H11N3O2S3/c18-12(7-15-13(19)11-4-2-6-21-11)17-14-16-9(8-22-14)10-3-1-5-20-10/h1-6,8H,7H2,(H,15,19)(H,16,17,18). The van der Waals surface area contributed by atoms with E-state index in [4.69, 9.17) is 0 Å². The summed E-state index contributed by atoms with van der Waals surface area (Å²) in [5.41, 5.74) is 0.845. The van der Waals surface area contributed by atoms with E-state index in [0.717, 1.165) is 10.6 Å². The lowest BCUT2D eigenvalue weighted by Gasteiger charge is -2.03. The number of hydrogen-bond acceptors (Lipinski definition) is 6. The number of thiophene rings is 2. The topological polar surface area (TPSA) is 71.1 Å². The largest absolute Gasteiger partial charge is 0.342 e. The van der Waals surface area contributed by atoms with Gasteiger partial charge in [0.1, 0.15) is 0 Å². The number of hydrogen-bond donors (Lipinski definition) is 2. The van der Waals surface area contributed by atoms with Crippen molar-refractivity contribution in [2.45, 2.75) is 0 Å². The average Bonchev–Trinajstić information content (AvgIpc) is 3.23. The van der Waals surface area contributed by atoms with E-state index in [1.807, 2.05) is 28.3 Å². The van der Waals surface area contributed by atoms with Crippen LogP contribution in [0.2, 0.25) is 0 Å². The molecule has 0 fully saturated rings. The monoisotopic (exact) mass is 349 g/mol. The number of thiazole rings is 1. The van der Waals surface area contributed by atoms with E-state index < -0.39 is 0 Å². The summed E-state index contributed by atoms with van der Waals surface area (Å²) in [7, 11) is 0. The van der Waals surface area contributed by atoms with Gasteiger partial charge in [0.15, 0.2) is 5.13 Å². The van der Waals surface area contributed by atoms with Gasteiger partial charge in [-0.15, -0.1) is 34.0 Å². The van der Waals surface area contributed by atoms with Crippen LogP contribution in [0, 0.1) is 0 Å². The number of rotatable bonds is 5. The van der Waals surface area contributed by atoms with Crippen molar-refractivity contribution in [2.24, 2.45) is 0 Å². The molecule has 0 atom stereocenters. The van der Waals surface area contributed by atoms with Crippen molar-refractivity contribution in [3.63, 3.8) is 0 Å². The van der Waals surface area contributed by atoms with Crippen LogP contribution in [-0.4, -0.2) is 23.3 Å². The maximum absolute atomic E-state index is 11.8. The first-order chi connectivity index (χ1) is 10.7. The first-order valence-electron chi connectivity index (χ1n) is 6.33. The minimum absolute atomic E-state index is 0.0787. The van der Waals surface area contributed by atoms with E-state index in [2.05, 4.69) is 15.6 Å². The summed E-state index contributed by atoms with van der Waals surface area (Å²) in [6, 6.07) is 7.44. The quantitative estimate of drug-likeness (QED) is 0.742. The molecule has 0 aliphatic heterocycles. The molecule has 8 heteroatoms. The van der Waals surface area contributed by atoms with Gasteiger partial charge in [0.2, 0.25) is 5.91 Å². The summed E-state index contributed by atoms with van der Waals surface area (Å²) in [4.78, 5) is 29.6. The molecule has 5 nitrogen and oxygen atoms in total. The van der Waals surface area contributed by atoms with E-state index in [0.29, 0.717) is 10.0 Å². The Balaban J connectivity index is 1.53. The van der Waals surface area contributed by atoms with Gasteiger partial charge in [-0.05, 0) is 22.9 Å². The number of carbonyl (C=O) groups excluding carboxylic acids is 2. The summed E-state index contributed by atoms with van der Waals surface area (Å²) < 4.78 is 0. The van der Waals surface area contributed by atoms with Crippen LogP contribution in [0.25, 0.3) is 10.6 Å². The summed E-state index contributed by atoms with van der Waals surface area (Å²) in [6.07, 6.45) is 0. The zero-order chi connectivity index (χ0) is 15.4. The van der Waals surface area contributed by atoms with Gasteiger partial charge < -0.3 is 10.6 Å². The molecule has 3 aromatic heterocycles. The molecule has 0 unspecified atom stereocenters. The Bertz CT molecular complexity index is 763. The molecule has 112 valence electrons. The van der Waals surface area contributed by atoms with Gasteiger partial charge in [0, 0.05) is 5.38 Å². The highest BCUT2D eigenvalue weighted by Crippen LogP contribution is 2.28. The predicted octanol–water partition coefficient (Wildman–Crippen LogP) is 3.30. The van der Waals surface area contributed by atoms with Crippen molar-refractivity contribution < 1.29 is 9.59 Å². The van der Waals surface area contributed by atoms with Crippen LogP contribution < -0.4 is 10.6 Å². The number of nitrogens with one attached hydrogen (secondary N) is 2. The van der Waals surface area contributed by atoms with E-state index in [-0.39, 0.29) is 18.4 Å². The van der Waals surface area contributed by atoms with Crippen molar-refractivity contribution in [2.75, 3.05) is 11.9 Å². The molecule has 0 bridgehead atoms. The number of carbonyl (C=O) groups is 2. The number of anilines is 1. The zero-order valence-electron chi connectivity index (χ0n) is 11.2. The van der Waals surface area contributed by atoms with Crippen molar-refractivity contribution in [1.29, 1.82) is 0 Å². The normalized spacial score (nSPS) is 10.4. The molecular formula is C14H11N3O2S3. The number of aromatic nitrogens is 1. The molecule has 3 heterocycles. The third kappa shape index (κ3) is 3.59. The van der Waals surface area contributed by atoms with Crippen molar-refractivity contribution in [3.8, 4) is 10.6 Å². The molecular weight excluding hydrogens is 338 g/mol. The molecule has 0 saturated heterocycles. The lowest BCUT2D eigenvalue weighted by Crippen LogP contribution is -2.32. The first-order valence-corrected chi connectivity index (χ1v) is 8.97. The fraction of sp³-hybridized carbons (Fsp3) is 0.0714. The van der Waals surface area contributed by atoms with Crippen molar-refractivity contribution >= 4 is 51.0 Å². The average molecular weight is 349 g/mol. The predicted molar refractivity (Wildman–Crippen MR) is 90.7 cm³/mol. The summed E-state index contributed by atoms with van der Waals surface area (Å²) in [6.45, 7) is -0.0787. The highest BCUT2D eigenvalue weighted by molar-refractivity contribution is 7.16. The number of nitrogens with zero attached hydrogens (tertiary/aromatic N) is 1. The number of amides is 2. The molecule has 2 amide bonds. The Hall–Kier alpha value is -2.03. The van der Waals surface area contributed by atoms with Crippen LogP contribution in [0.3, 0.4) is 0 Å². The van der Waals surface area contributed by atoms with Gasteiger partial charge >= 0.3 is 0 Å². The second-order valence-electron chi connectivity index (χ2n) is 4.22. The summed E-state index contributed by atoms with van der Waals surface area (Å²) in [5.74, 6) is -0.541. The summed E-state index contributed by atoms with van der Waals surface area (Å²) >= 11 is 4.29. The molecule has 0 spiro atoms. The maximum atomic E-state index is 11.8. The molecule has 3 aromatic rings. The van der Waals surface area contributed by atoms with Gasteiger partial charge in [-0.25, -0.2) is 4.98 Å². The van der Waals surface area contributed by atoms with Gasteiger partial charge in [-0.1, -0.05) is 12.1 Å². The molecule has 0 aliphatic rings. The Morgan fingerprint density at radius 1 is 1.09 bits per heavy atom. The maximum Gasteiger partial charge on any atom is 0.261 e. The van der Waals surface area contributed by atoms with Crippen LogP contribution in [0.1, 0.15) is 9.67 Å². The van der Waals surface area contributed by atoms with Gasteiger partial charge in [-0.2, -0.15) is 0 Å². The van der Waals surface area contributed by atoms with Crippen LogP contribution in [-0.2, 0) is 4.79 Å². The highest BCUT2D eigenvalue weighted by Gasteiger charge is 2.11. The Morgan fingerprint density at radius 2 is 1.91 bits per heavy atom. The molecule has 0 radical (unpaired) electrons. The van der Waals surface area contributed by atoms with Gasteiger partial charge in [0.05, 0.1) is 22.0 Å². The molecule has 0 aliphatic carbocycles. The van der Waals surface area contributed by atoms with Crippen LogP contribution >= 0.6 is 34.0 Å². The minimum atomic E-state index is -0.294.